The minimum atomic E-state index is -4.01. The van der Waals surface area contributed by atoms with Gasteiger partial charge in [-0.05, 0) is 48.6 Å². The lowest BCUT2D eigenvalue weighted by molar-refractivity contribution is 0.0979. The summed E-state index contributed by atoms with van der Waals surface area (Å²) in [7, 11) is -4.01. The fraction of sp³-hybridized carbons (Fsp3) is 0. The molecule has 0 aliphatic rings. The van der Waals surface area contributed by atoms with Gasteiger partial charge < -0.3 is 16.8 Å². The van der Waals surface area contributed by atoms with E-state index in [0.717, 1.165) is 5.56 Å². The number of guanidine groups is 1. The lowest BCUT2D eigenvalue weighted by atomic mass is 10.0. The van der Waals surface area contributed by atoms with Gasteiger partial charge in [0.2, 0.25) is 5.96 Å². The first-order chi connectivity index (χ1) is 16.7. The predicted octanol–water partition coefficient (Wildman–Crippen LogP) is 2.99. The molecule has 4 aromatic rings. The average Bonchev–Trinajstić information content (AvgIpc) is 2.83. The minimum Gasteiger partial charge on any atom is -0.369 e. The summed E-state index contributed by atoms with van der Waals surface area (Å²) in [4.78, 5) is 17.7. The first-order valence-corrected chi connectivity index (χ1v) is 12.1. The van der Waals surface area contributed by atoms with Crippen molar-refractivity contribution < 1.29 is 13.2 Å². The highest BCUT2D eigenvalue weighted by atomic mass is 32.2. The van der Waals surface area contributed by atoms with Crippen LogP contribution in [0.5, 0.6) is 0 Å². The van der Waals surface area contributed by atoms with E-state index >= 15 is 0 Å². The van der Waals surface area contributed by atoms with Gasteiger partial charge in [0, 0.05) is 16.6 Å². The van der Waals surface area contributed by atoms with Crippen molar-refractivity contribution in [3.63, 3.8) is 0 Å². The number of thiocarbonyl (C=S) groups is 1. The number of amides is 1. The molecule has 0 saturated heterocycles. The van der Waals surface area contributed by atoms with Crippen molar-refractivity contribution in [3.8, 4) is 11.3 Å². The van der Waals surface area contributed by atoms with E-state index in [1.165, 1.54) is 24.3 Å². The van der Waals surface area contributed by atoms with Gasteiger partial charge in [-0.3, -0.25) is 10.1 Å². The summed E-state index contributed by atoms with van der Waals surface area (Å²) in [6.07, 6.45) is 0. The maximum atomic E-state index is 13.1. The summed E-state index contributed by atoms with van der Waals surface area (Å²) in [6, 6.07) is 24.2. The molecule has 35 heavy (non-hydrogen) atoms. The predicted molar refractivity (Wildman–Crippen MR) is 140 cm³/mol. The molecule has 9 nitrogen and oxygen atoms in total. The number of hydrogen-bond donors (Lipinski definition) is 4. The Hall–Kier alpha value is -4.35. The number of anilines is 1. The van der Waals surface area contributed by atoms with Crippen LogP contribution >= 0.6 is 12.2 Å². The molecule has 0 bridgehead atoms. The Bertz CT molecular complexity index is 1550. The SMILES string of the molecule is NC(N)=NS(=O)(=O)c1ccc(NC(=S)NC(=O)c2cc(-c3ccccc3)nc3ccccc23)cc1. The smallest absolute Gasteiger partial charge is 0.285 e. The molecule has 4 rings (SSSR count). The van der Waals surface area contributed by atoms with Gasteiger partial charge in [0.05, 0.1) is 21.7 Å². The molecule has 0 aliphatic heterocycles. The highest BCUT2D eigenvalue weighted by Gasteiger charge is 2.16. The largest absolute Gasteiger partial charge is 0.369 e. The van der Waals surface area contributed by atoms with Gasteiger partial charge in [0.25, 0.3) is 15.9 Å². The van der Waals surface area contributed by atoms with Crippen molar-refractivity contribution in [1.29, 1.82) is 0 Å². The Labute approximate surface area is 206 Å². The Balaban J connectivity index is 1.55. The molecule has 0 saturated carbocycles. The summed E-state index contributed by atoms with van der Waals surface area (Å²) < 4.78 is 27.4. The molecule has 0 fully saturated rings. The number of para-hydroxylation sites is 1. The molecule has 176 valence electrons. The van der Waals surface area contributed by atoms with Crippen LogP contribution < -0.4 is 22.1 Å². The average molecular weight is 505 g/mol. The van der Waals surface area contributed by atoms with Crippen LogP contribution in [0.3, 0.4) is 0 Å². The molecule has 3 aromatic carbocycles. The molecule has 11 heteroatoms. The van der Waals surface area contributed by atoms with E-state index in [-0.39, 0.29) is 10.0 Å². The zero-order valence-corrected chi connectivity index (χ0v) is 19.8. The number of aromatic nitrogens is 1. The number of carbonyl (C=O) groups excluding carboxylic acids is 1. The maximum Gasteiger partial charge on any atom is 0.285 e. The Morgan fingerprint density at radius 1 is 0.914 bits per heavy atom. The van der Waals surface area contributed by atoms with Gasteiger partial charge in [-0.25, -0.2) is 4.98 Å². The molecule has 0 spiro atoms. The van der Waals surface area contributed by atoms with Crippen LogP contribution in [0.4, 0.5) is 5.69 Å². The number of nitrogens with two attached hydrogens (primary N) is 2. The lowest BCUT2D eigenvalue weighted by Crippen LogP contribution is -2.34. The normalized spacial score (nSPS) is 11.0. The molecule has 1 amide bonds. The number of fused-ring (bicyclic) bond motifs is 1. The van der Waals surface area contributed by atoms with Gasteiger partial charge >= 0.3 is 0 Å². The molecule has 1 heterocycles. The van der Waals surface area contributed by atoms with Gasteiger partial charge in [0.1, 0.15) is 0 Å². The summed E-state index contributed by atoms with van der Waals surface area (Å²) in [6.45, 7) is 0. The van der Waals surface area contributed by atoms with Crippen LogP contribution in [0.15, 0.2) is 94.2 Å². The van der Waals surface area contributed by atoms with E-state index in [9.17, 15) is 13.2 Å². The molecular weight excluding hydrogens is 484 g/mol. The second kappa shape index (κ2) is 9.87. The summed E-state index contributed by atoms with van der Waals surface area (Å²) in [5.41, 5.74) is 13.4. The molecule has 1 aromatic heterocycles. The minimum absolute atomic E-state index is 0.0389. The van der Waals surface area contributed by atoms with E-state index < -0.39 is 21.9 Å². The van der Waals surface area contributed by atoms with E-state index in [1.54, 1.807) is 6.07 Å². The third-order valence-corrected chi connectivity index (χ3v) is 6.42. The number of hydrogen-bond acceptors (Lipinski definition) is 5. The van der Waals surface area contributed by atoms with E-state index in [0.29, 0.717) is 27.8 Å². The molecule has 0 radical (unpaired) electrons. The van der Waals surface area contributed by atoms with Gasteiger partial charge in [-0.1, -0.05) is 48.5 Å². The number of sulfonamides is 1. The third-order valence-electron chi connectivity index (χ3n) is 4.89. The zero-order valence-electron chi connectivity index (χ0n) is 18.2. The van der Waals surface area contributed by atoms with Crippen LogP contribution in [0.25, 0.3) is 22.2 Å². The van der Waals surface area contributed by atoms with Crippen molar-refractivity contribution in [3.05, 3.63) is 90.5 Å². The summed E-state index contributed by atoms with van der Waals surface area (Å²) in [5, 5.41) is 6.25. The number of carbonyl (C=O) groups is 1. The molecule has 0 unspecified atom stereocenters. The summed E-state index contributed by atoms with van der Waals surface area (Å²) >= 11 is 5.29. The third kappa shape index (κ3) is 5.60. The van der Waals surface area contributed by atoms with Crippen molar-refractivity contribution in [2.45, 2.75) is 4.90 Å². The number of benzene rings is 3. The van der Waals surface area contributed by atoms with Crippen LogP contribution in [-0.2, 0) is 10.0 Å². The topological polar surface area (TPSA) is 153 Å². The van der Waals surface area contributed by atoms with Crippen LogP contribution in [-0.4, -0.2) is 30.4 Å². The first kappa shape index (κ1) is 23.8. The molecular formula is C24H20N6O3S2. The number of pyridine rings is 1. The monoisotopic (exact) mass is 504 g/mol. The van der Waals surface area contributed by atoms with Gasteiger partial charge in [0.15, 0.2) is 5.11 Å². The van der Waals surface area contributed by atoms with Gasteiger partial charge in [-0.2, -0.15) is 8.42 Å². The summed E-state index contributed by atoms with van der Waals surface area (Å²) in [5.74, 6) is -0.972. The van der Waals surface area contributed by atoms with E-state index in [2.05, 4.69) is 20.0 Å². The van der Waals surface area contributed by atoms with Gasteiger partial charge in [-0.15, -0.1) is 4.40 Å². The quantitative estimate of drug-likeness (QED) is 0.184. The Kier molecular flexibility index (Phi) is 6.71. The van der Waals surface area contributed by atoms with E-state index in [4.69, 9.17) is 23.7 Å². The van der Waals surface area contributed by atoms with Crippen LogP contribution in [0.1, 0.15) is 10.4 Å². The van der Waals surface area contributed by atoms with Crippen molar-refractivity contribution >= 4 is 55.8 Å². The molecule has 0 atom stereocenters. The zero-order chi connectivity index (χ0) is 25.0. The molecule has 0 aliphatic carbocycles. The highest BCUT2D eigenvalue weighted by Crippen LogP contribution is 2.25. The second-order valence-corrected chi connectivity index (χ2v) is 9.37. The van der Waals surface area contributed by atoms with Crippen LogP contribution in [0.2, 0.25) is 0 Å². The Morgan fingerprint density at radius 2 is 1.57 bits per heavy atom. The maximum absolute atomic E-state index is 13.1. The number of rotatable bonds is 5. The fourth-order valence-electron chi connectivity index (χ4n) is 3.35. The lowest BCUT2D eigenvalue weighted by Gasteiger charge is -2.12. The molecule has 6 N–H and O–H groups in total. The first-order valence-electron chi connectivity index (χ1n) is 10.3. The number of nitrogens with zero attached hydrogens (tertiary/aromatic N) is 2. The standard InChI is InChI=1S/C24H20N6O3S2/c25-23(26)30-35(32,33)17-12-10-16(11-13-17)27-24(34)29-22(31)19-14-21(15-6-2-1-3-7-15)28-20-9-5-4-8-18(19)20/h1-14H,(H4,25,26,30)(H2,27,29,31,34). The van der Waals surface area contributed by atoms with Crippen molar-refractivity contribution in [2.75, 3.05) is 5.32 Å². The van der Waals surface area contributed by atoms with Crippen molar-refractivity contribution in [1.82, 2.24) is 10.3 Å². The highest BCUT2D eigenvalue weighted by molar-refractivity contribution is 7.90. The van der Waals surface area contributed by atoms with E-state index in [1.807, 2.05) is 54.6 Å². The second-order valence-electron chi connectivity index (χ2n) is 7.36. The van der Waals surface area contributed by atoms with Crippen LogP contribution in [0, 0.1) is 0 Å². The van der Waals surface area contributed by atoms with Crippen molar-refractivity contribution in [2.24, 2.45) is 15.9 Å². The Morgan fingerprint density at radius 3 is 2.26 bits per heavy atom. The fourth-order valence-corrected chi connectivity index (χ4v) is 4.43. The number of nitrogens with one attached hydrogen (secondary N) is 2.